The van der Waals surface area contributed by atoms with Crippen LogP contribution in [-0.4, -0.2) is 22.4 Å². The maximum Gasteiger partial charge on any atom is 0.282 e. The molecule has 0 spiro atoms. The summed E-state index contributed by atoms with van der Waals surface area (Å²) < 4.78 is 0. The largest absolute Gasteiger partial charge is 0.282 e. The number of benzene rings is 2. The molecule has 146 valence electrons. The van der Waals surface area contributed by atoms with Gasteiger partial charge >= 0.3 is 0 Å². The predicted octanol–water partition coefficient (Wildman–Crippen LogP) is 5.33. The molecule has 5 rings (SSSR count). The number of hydrogen-bond acceptors (Lipinski definition) is 4. The molecule has 0 aliphatic carbocycles. The zero-order valence-corrected chi connectivity index (χ0v) is 17.3. The van der Waals surface area contributed by atoms with Crippen molar-refractivity contribution in [1.29, 1.82) is 0 Å². The molecule has 0 saturated carbocycles. The number of fused-ring (bicyclic) bond motifs is 1. The van der Waals surface area contributed by atoms with Crippen molar-refractivity contribution in [3.05, 3.63) is 106 Å². The predicted molar refractivity (Wildman–Crippen MR) is 123 cm³/mol. The van der Waals surface area contributed by atoms with Gasteiger partial charge in [-0.1, -0.05) is 60.2 Å². The van der Waals surface area contributed by atoms with Crippen molar-refractivity contribution in [2.75, 3.05) is 0 Å². The van der Waals surface area contributed by atoms with Crippen molar-refractivity contribution >= 4 is 40.6 Å². The quantitative estimate of drug-likeness (QED) is 0.537. The molecule has 0 radical (unpaired) electrons. The topological polar surface area (TPSA) is 45.0 Å². The number of thiophene rings is 1. The molecule has 1 aromatic heterocycles. The lowest BCUT2D eigenvalue weighted by atomic mass is 10.0. The Morgan fingerprint density at radius 1 is 1.00 bits per heavy atom. The van der Waals surface area contributed by atoms with Gasteiger partial charge in [-0.3, -0.25) is 9.69 Å². The second kappa shape index (κ2) is 7.69. The number of carbonyl (C=O) groups excluding carboxylic acids is 1. The Morgan fingerprint density at radius 2 is 1.87 bits per heavy atom. The molecule has 2 aliphatic heterocycles. The van der Waals surface area contributed by atoms with Gasteiger partial charge < -0.3 is 0 Å². The van der Waals surface area contributed by atoms with Crippen molar-refractivity contribution < 1.29 is 4.79 Å². The Hall–Kier alpha value is -3.57. The van der Waals surface area contributed by atoms with E-state index in [1.54, 1.807) is 22.4 Å². The van der Waals surface area contributed by atoms with E-state index >= 15 is 0 Å². The van der Waals surface area contributed by atoms with Crippen LogP contribution < -0.4 is 0 Å². The standard InChI is InChI=1S/C25H19N3OS/c1-17-7-5-10-19(13-17)23-16-28-24(21(26-23)14-18-8-3-2-4-9-18)27-22(25(28)29)15-20-11-6-12-30-20/h2-13,15-16H,14H2,1H3/b22-15-. The molecule has 3 aromatic rings. The summed E-state index contributed by atoms with van der Waals surface area (Å²) in [6, 6.07) is 22.3. The number of hydrogen-bond donors (Lipinski definition) is 0. The van der Waals surface area contributed by atoms with Crippen LogP contribution in [0.5, 0.6) is 0 Å². The lowest BCUT2D eigenvalue weighted by molar-refractivity contribution is -0.120. The normalized spacial score (nSPS) is 17.0. The van der Waals surface area contributed by atoms with E-state index in [-0.39, 0.29) is 5.91 Å². The summed E-state index contributed by atoms with van der Waals surface area (Å²) in [5.41, 5.74) is 5.28. The third-order valence-electron chi connectivity index (χ3n) is 5.01. The first kappa shape index (κ1) is 18.5. The molecule has 1 amide bonds. The second-order valence-electron chi connectivity index (χ2n) is 7.26. The van der Waals surface area contributed by atoms with Crippen molar-refractivity contribution in [2.45, 2.75) is 13.3 Å². The van der Waals surface area contributed by atoms with Crippen LogP contribution in [0.25, 0.3) is 11.8 Å². The summed E-state index contributed by atoms with van der Waals surface area (Å²) in [6.07, 6.45) is 4.26. The highest BCUT2D eigenvalue weighted by Crippen LogP contribution is 2.29. The highest BCUT2D eigenvalue weighted by Gasteiger charge is 2.35. The zero-order chi connectivity index (χ0) is 20.5. The van der Waals surface area contributed by atoms with Crippen LogP contribution in [0.1, 0.15) is 21.6 Å². The van der Waals surface area contributed by atoms with Gasteiger partial charge in [-0.2, -0.15) is 0 Å². The van der Waals surface area contributed by atoms with Gasteiger partial charge in [-0.05, 0) is 36.1 Å². The first-order valence-electron chi connectivity index (χ1n) is 9.75. The summed E-state index contributed by atoms with van der Waals surface area (Å²) >= 11 is 1.59. The number of amides is 1. The van der Waals surface area contributed by atoms with Crippen LogP contribution in [0.15, 0.2) is 94.0 Å². The van der Waals surface area contributed by atoms with Crippen LogP contribution in [0.4, 0.5) is 0 Å². The molecule has 3 heterocycles. The fourth-order valence-corrected chi connectivity index (χ4v) is 4.21. The summed E-state index contributed by atoms with van der Waals surface area (Å²) in [5.74, 6) is 0.493. The minimum atomic E-state index is -0.121. The number of carbonyl (C=O) groups is 1. The Bertz CT molecular complexity index is 1230. The van der Waals surface area contributed by atoms with Crippen LogP contribution in [-0.2, 0) is 11.2 Å². The van der Waals surface area contributed by atoms with E-state index in [1.807, 2.05) is 53.9 Å². The van der Waals surface area contributed by atoms with Gasteiger partial charge in [0.2, 0.25) is 0 Å². The van der Waals surface area contributed by atoms with E-state index in [0.717, 1.165) is 33.0 Å². The van der Waals surface area contributed by atoms with E-state index in [0.29, 0.717) is 18.0 Å². The Balaban J connectivity index is 1.59. The molecule has 0 N–H and O–H groups in total. The Labute approximate surface area is 179 Å². The third-order valence-corrected chi connectivity index (χ3v) is 5.83. The lowest BCUT2D eigenvalue weighted by Gasteiger charge is -2.22. The van der Waals surface area contributed by atoms with Crippen molar-refractivity contribution in [2.24, 2.45) is 9.98 Å². The maximum absolute atomic E-state index is 13.2. The zero-order valence-electron chi connectivity index (χ0n) is 16.4. The number of nitrogens with zero attached hydrogens (tertiary/aromatic N) is 3. The summed E-state index contributed by atoms with van der Waals surface area (Å²) in [7, 11) is 0. The van der Waals surface area contributed by atoms with Crippen LogP contribution in [0.2, 0.25) is 0 Å². The number of rotatable bonds is 4. The van der Waals surface area contributed by atoms with Gasteiger partial charge in [0.1, 0.15) is 5.70 Å². The van der Waals surface area contributed by atoms with Crippen LogP contribution >= 0.6 is 11.3 Å². The van der Waals surface area contributed by atoms with E-state index in [2.05, 4.69) is 36.2 Å². The summed E-state index contributed by atoms with van der Waals surface area (Å²) in [4.78, 5) is 25.4. The number of amidine groups is 1. The van der Waals surface area contributed by atoms with Crippen molar-refractivity contribution in [3.8, 4) is 0 Å². The van der Waals surface area contributed by atoms with Crippen molar-refractivity contribution in [1.82, 2.24) is 4.90 Å². The maximum atomic E-state index is 13.2. The first-order valence-corrected chi connectivity index (χ1v) is 10.6. The highest BCUT2D eigenvalue weighted by molar-refractivity contribution is 7.10. The Kier molecular flexibility index (Phi) is 4.73. The number of aryl methyl sites for hydroxylation is 1. The van der Waals surface area contributed by atoms with Crippen LogP contribution in [0.3, 0.4) is 0 Å². The molecule has 0 saturated heterocycles. The van der Waals surface area contributed by atoms with Gasteiger partial charge in [0.25, 0.3) is 5.91 Å². The van der Waals surface area contributed by atoms with E-state index < -0.39 is 0 Å². The SMILES string of the molecule is Cc1cccc(C2=CN3C(=O)/C(=C/c4cccs4)N=C3C(Cc3ccccc3)=N2)c1. The first-order chi connectivity index (χ1) is 14.7. The van der Waals surface area contributed by atoms with E-state index in [1.165, 1.54) is 0 Å². The van der Waals surface area contributed by atoms with Gasteiger partial charge in [0.15, 0.2) is 5.84 Å². The van der Waals surface area contributed by atoms with Gasteiger partial charge in [-0.25, -0.2) is 9.98 Å². The molecule has 30 heavy (non-hydrogen) atoms. The fraction of sp³-hybridized carbons (Fsp3) is 0.0800. The fourth-order valence-electron chi connectivity index (χ4n) is 3.56. The summed E-state index contributed by atoms with van der Waals surface area (Å²) in [5, 5.41) is 1.99. The van der Waals surface area contributed by atoms with Gasteiger partial charge in [0.05, 0.1) is 11.4 Å². The minimum absolute atomic E-state index is 0.121. The molecule has 0 bridgehead atoms. The molecule has 2 aromatic carbocycles. The van der Waals surface area contributed by atoms with Crippen molar-refractivity contribution in [3.63, 3.8) is 0 Å². The van der Waals surface area contributed by atoms with Gasteiger partial charge in [0, 0.05) is 23.1 Å². The molecular weight excluding hydrogens is 390 g/mol. The molecule has 0 fully saturated rings. The molecule has 4 nitrogen and oxygen atoms in total. The minimum Gasteiger partial charge on any atom is -0.266 e. The average Bonchev–Trinajstić information content (AvgIpc) is 3.38. The average molecular weight is 410 g/mol. The molecular formula is C25H19N3OS. The third kappa shape index (κ3) is 3.55. The van der Waals surface area contributed by atoms with Crippen LogP contribution in [0, 0.1) is 6.92 Å². The highest BCUT2D eigenvalue weighted by atomic mass is 32.1. The molecule has 5 heteroatoms. The molecule has 0 unspecified atom stereocenters. The van der Waals surface area contributed by atoms with Gasteiger partial charge in [-0.15, -0.1) is 11.3 Å². The lowest BCUT2D eigenvalue weighted by Crippen LogP contribution is -2.36. The van der Waals surface area contributed by atoms with E-state index in [9.17, 15) is 4.79 Å². The molecule has 0 atom stereocenters. The summed E-state index contributed by atoms with van der Waals surface area (Å²) in [6.45, 7) is 2.05. The second-order valence-corrected chi connectivity index (χ2v) is 8.24. The Morgan fingerprint density at radius 3 is 2.63 bits per heavy atom. The molecule has 2 aliphatic rings. The van der Waals surface area contributed by atoms with E-state index in [4.69, 9.17) is 4.99 Å². The monoisotopic (exact) mass is 409 g/mol. The number of aliphatic imine (C=N–C) groups is 2. The smallest absolute Gasteiger partial charge is 0.266 e.